The lowest BCUT2D eigenvalue weighted by Crippen LogP contribution is -2.50. The second kappa shape index (κ2) is 4.39. The van der Waals surface area contributed by atoms with Crippen LogP contribution in [0.4, 0.5) is 0 Å². The molecule has 1 aliphatic heterocycles. The molecule has 0 amide bonds. The molecule has 0 bridgehead atoms. The fourth-order valence-electron chi connectivity index (χ4n) is 2.83. The zero-order chi connectivity index (χ0) is 12.7. The molecule has 0 aliphatic carbocycles. The molecular weight excluding hydrogens is 224 g/mol. The maximum absolute atomic E-state index is 6.16. The van der Waals surface area contributed by atoms with Crippen LogP contribution in [0, 0.1) is 0 Å². The van der Waals surface area contributed by atoms with Crippen molar-refractivity contribution < 1.29 is 0 Å². The first-order chi connectivity index (χ1) is 8.66. The number of nitrogens with two attached hydrogens (primary N) is 1. The van der Waals surface area contributed by atoms with Gasteiger partial charge in [0.1, 0.15) is 0 Å². The first-order valence-corrected chi connectivity index (χ1v) is 6.41. The predicted molar refractivity (Wildman–Crippen MR) is 74.1 cm³/mol. The highest BCUT2D eigenvalue weighted by atomic mass is 15.5. The van der Waals surface area contributed by atoms with Gasteiger partial charge in [-0.1, -0.05) is 18.2 Å². The first kappa shape index (κ1) is 11.7. The number of nitrogens with zero attached hydrogens (tertiary/aromatic N) is 3. The maximum Gasteiger partial charge on any atom is 0.0769 e. The molecule has 0 saturated carbocycles. The van der Waals surface area contributed by atoms with Crippen molar-refractivity contribution in [2.24, 2.45) is 12.9 Å². The van der Waals surface area contributed by atoms with E-state index in [0.29, 0.717) is 0 Å². The van der Waals surface area contributed by atoms with E-state index in [4.69, 9.17) is 5.84 Å². The summed E-state index contributed by atoms with van der Waals surface area (Å²) in [5.74, 6) is 6.16. The number of aryl methyl sites for hydroxylation is 1. The summed E-state index contributed by atoms with van der Waals surface area (Å²) in [6.45, 7) is 2.94. The standard InChI is InChI=1S/C14H20N4/c1-16-7-8-18(15)14(10-16)13-9-11-5-3-4-6-12(11)17(13)2/h3-6,9,14H,7-8,10,15H2,1-2H3. The van der Waals surface area contributed by atoms with Crippen LogP contribution in [-0.4, -0.2) is 41.2 Å². The minimum atomic E-state index is 0.279. The lowest BCUT2D eigenvalue weighted by Gasteiger charge is -2.37. The Labute approximate surface area is 108 Å². The monoisotopic (exact) mass is 244 g/mol. The van der Waals surface area contributed by atoms with Crippen molar-refractivity contribution >= 4 is 10.9 Å². The predicted octanol–water partition coefficient (Wildman–Crippen LogP) is 1.34. The normalized spacial score (nSPS) is 22.7. The molecule has 1 aromatic heterocycles. The van der Waals surface area contributed by atoms with Crippen molar-refractivity contribution in [2.75, 3.05) is 26.7 Å². The Bertz CT molecular complexity index is 560. The molecule has 1 aliphatic rings. The number of benzene rings is 1. The minimum absolute atomic E-state index is 0.279. The van der Waals surface area contributed by atoms with Crippen molar-refractivity contribution in [3.05, 3.63) is 36.0 Å². The number of likely N-dealkylation sites (N-methyl/N-ethyl adjacent to an activating group) is 1. The molecule has 1 aromatic carbocycles. The molecule has 4 heteroatoms. The summed E-state index contributed by atoms with van der Waals surface area (Å²) >= 11 is 0. The van der Waals surface area contributed by atoms with Gasteiger partial charge in [-0.3, -0.25) is 5.84 Å². The summed E-state index contributed by atoms with van der Waals surface area (Å²) < 4.78 is 2.26. The fourth-order valence-corrected chi connectivity index (χ4v) is 2.83. The highest BCUT2D eigenvalue weighted by molar-refractivity contribution is 5.81. The highest BCUT2D eigenvalue weighted by Crippen LogP contribution is 2.27. The molecule has 1 fully saturated rings. The second-order valence-corrected chi connectivity index (χ2v) is 5.20. The molecule has 1 unspecified atom stereocenters. The lowest BCUT2D eigenvalue weighted by atomic mass is 10.1. The van der Waals surface area contributed by atoms with Gasteiger partial charge in [0.2, 0.25) is 0 Å². The molecule has 1 saturated heterocycles. The van der Waals surface area contributed by atoms with Crippen LogP contribution in [0.3, 0.4) is 0 Å². The van der Waals surface area contributed by atoms with Crippen LogP contribution in [0.1, 0.15) is 11.7 Å². The number of hydrogen-bond acceptors (Lipinski definition) is 3. The molecule has 2 heterocycles. The summed E-state index contributed by atoms with van der Waals surface area (Å²) in [4.78, 5) is 2.34. The Morgan fingerprint density at radius 2 is 1.94 bits per heavy atom. The maximum atomic E-state index is 6.16. The number of hydrogen-bond donors (Lipinski definition) is 1. The van der Waals surface area contributed by atoms with Gasteiger partial charge in [-0.05, 0) is 24.6 Å². The van der Waals surface area contributed by atoms with Gasteiger partial charge in [-0.25, -0.2) is 5.01 Å². The average Bonchev–Trinajstić information content (AvgIpc) is 2.71. The minimum Gasteiger partial charge on any atom is -0.346 e. The fraction of sp³-hybridized carbons (Fsp3) is 0.429. The van der Waals surface area contributed by atoms with Gasteiger partial charge in [0.25, 0.3) is 0 Å². The number of rotatable bonds is 1. The van der Waals surface area contributed by atoms with E-state index in [0.717, 1.165) is 19.6 Å². The third kappa shape index (κ3) is 1.82. The number of fused-ring (bicyclic) bond motifs is 1. The number of para-hydroxylation sites is 1. The molecule has 0 spiro atoms. The summed E-state index contributed by atoms with van der Waals surface area (Å²) in [6, 6.07) is 11.0. The summed E-state index contributed by atoms with van der Waals surface area (Å²) in [7, 11) is 4.28. The average molecular weight is 244 g/mol. The molecule has 2 aromatic rings. The van der Waals surface area contributed by atoms with Crippen LogP contribution in [0.15, 0.2) is 30.3 Å². The van der Waals surface area contributed by atoms with Gasteiger partial charge in [0.05, 0.1) is 6.04 Å². The van der Waals surface area contributed by atoms with E-state index in [1.54, 1.807) is 0 Å². The van der Waals surface area contributed by atoms with Crippen molar-refractivity contribution in [2.45, 2.75) is 6.04 Å². The highest BCUT2D eigenvalue weighted by Gasteiger charge is 2.26. The lowest BCUT2D eigenvalue weighted by molar-refractivity contribution is 0.0867. The van der Waals surface area contributed by atoms with Gasteiger partial charge in [0.15, 0.2) is 0 Å². The summed E-state index contributed by atoms with van der Waals surface area (Å²) in [5, 5.41) is 3.26. The van der Waals surface area contributed by atoms with Crippen LogP contribution in [0.2, 0.25) is 0 Å². The van der Waals surface area contributed by atoms with E-state index in [-0.39, 0.29) is 6.04 Å². The third-order valence-corrected chi connectivity index (χ3v) is 3.96. The zero-order valence-corrected chi connectivity index (χ0v) is 11.0. The molecule has 1 atom stereocenters. The van der Waals surface area contributed by atoms with E-state index >= 15 is 0 Å². The number of piperazine rings is 1. The molecule has 0 radical (unpaired) electrons. The quantitative estimate of drug-likeness (QED) is 0.769. The SMILES string of the molecule is CN1CCN(N)C(c2cc3ccccc3n2C)C1. The Balaban J connectivity index is 2.05. The van der Waals surface area contributed by atoms with E-state index in [9.17, 15) is 0 Å². The van der Waals surface area contributed by atoms with Crippen LogP contribution < -0.4 is 5.84 Å². The van der Waals surface area contributed by atoms with Crippen LogP contribution in [0.5, 0.6) is 0 Å². The molecule has 96 valence electrons. The molecule has 4 nitrogen and oxygen atoms in total. The van der Waals surface area contributed by atoms with Gasteiger partial charge in [-0.2, -0.15) is 0 Å². The van der Waals surface area contributed by atoms with Gasteiger partial charge >= 0.3 is 0 Å². The van der Waals surface area contributed by atoms with Crippen molar-refractivity contribution in [3.63, 3.8) is 0 Å². The first-order valence-electron chi connectivity index (χ1n) is 6.41. The van der Waals surface area contributed by atoms with Crippen LogP contribution >= 0.6 is 0 Å². The molecule has 18 heavy (non-hydrogen) atoms. The van der Waals surface area contributed by atoms with Crippen molar-refractivity contribution in [1.82, 2.24) is 14.5 Å². The van der Waals surface area contributed by atoms with E-state index in [2.05, 4.69) is 53.9 Å². The number of aromatic nitrogens is 1. The third-order valence-electron chi connectivity index (χ3n) is 3.96. The summed E-state index contributed by atoms with van der Waals surface area (Å²) in [5.41, 5.74) is 2.57. The Kier molecular flexibility index (Phi) is 2.86. The second-order valence-electron chi connectivity index (χ2n) is 5.20. The largest absolute Gasteiger partial charge is 0.346 e. The zero-order valence-electron chi connectivity index (χ0n) is 11.0. The van der Waals surface area contributed by atoms with Crippen molar-refractivity contribution in [1.29, 1.82) is 0 Å². The van der Waals surface area contributed by atoms with Crippen LogP contribution in [-0.2, 0) is 7.05 Å². The topological polar surface area (TPSA) is 37.4 Å². The summed E-state index contributed by atoms with van der Waals surface area (Å²) in [6.07, 6.45) is 0. The van der Waals surface area contributed by atoms with Gasteiger partial charge in [-0.15, -0.1) is 0 Å². The van der Waals surface area contributed by atoms with Crippen LogP contribution in [0.25, 0.3) is 10.9 Å². The molecular formula is C14H20N4. The van der Waals surface area contributed by atoms with E-state index < -0.39 is 0 Å². The van der Waals surface area contributed by atoms with E-state index in [1.807, 2.05) is 5.01 Å². The van der Waals surface area contributed by atoms with Gasteiger partial charge in [0, 0.05) is 37.9 Å². The Morgan fingerprint density at radius 1 is 1.17 bits per heavy atom. The van der Waals surface area contributed by atoms with Crippen molar-refractivity contribution in [3.8, 4) is 0 Å². The molecule has 3 rings (SSSR count). The Morgan fingerprint density at radius 3 is 2.72 bits per heavy atom. The number of hydrazine groups is 1. The molecule has 2 N–H and O–H groups in total. The Hall–Kier alpha value is -1.36. The van der Waals surface area contributed by atoms with E-state index in [1.165, 1.54) is 16.6 Å². The van der Waals surface area contributed by atoms with Gasteiger partial charge < -0.3 is 9.47 Å². The smallest absolute Gasteiger partial charge is 0.0769 e.